The topological polar surface area (TPSA) is 53.1 Å². The van der Waals surface area contributed by atoms with Crippen LogP contribution in [0.2, 0.25) is 0 Å². The SMILES string of the molecule is CCc1nc(-c2cccc(COC)c2)c(N)n1C1CC1. The smallest absolute Gasteiger partial charge is 0.131 e. The predicted molar refractivity (Wildman–Crippen MR) is 80.4 cm³/mol. The Labute approximate surface area is 119 Å². The molecule has 1 fully saturated rings. The fraction of sp³-hybridized carbons (Fsp3) is 0.438. The molecule has 106 valence electrons. The number of aryl methyl sites for hydroxylation is 1. The van der Waals surface area contributed by atoms with Crippen LogP contribution in [0.5, 0.6) is 0 Å². The number of aromatic nitrogens is 2. The van der Waals surface area contributed by atoms with E-state index in [9.17, 15) is 0 Å². The predicted octanol–water partition coefficient (Wildman–Crippen LogP) is 3.18. The molecule has 1 aliphatic rings. The summed E-state index contributed by atoms with van der Waals surface area (Å²) in [6, 6.07) is 8.83. The highest BCUT2D eigenvalue weighted by atomic mass is 16.5. The van der Waals surface area contributed by atoms with Gasteiger partial charge in [0.05, 0.1) is 6.61 Å². The number of rotatable bonds is 5. The van der Waals surface area contributed by atoms with Crippen molar-refractivity contribution in [2.24, 2.45) is 0 Å². The van der Waals surface area contributed by atoms with Crippen molar-refractivity contribution >= 4 is 5.82 Å². The summed E-state index contributed by atoms with van der Waals surface area (Å²) in [6.45, 7) is 2.74. The van der Waals surface area contributed by atoms with Gasteiger partial charge in [0, 0.05) is 25.1 Å². The van der Waals surface area contributed by atoms with Crippen LogP contribution in [0, 0.1) is 0 Å². The molecular formula is C16H21N3O. The van der Waals surface area contributed by atoms with Crippen LogP contribution in [0.1, 0.15) is 37.2 Å². The molecule has 0 bridgehead atoms. The van der Waals surface area contributed by atoms with Gasteiger partial charge in [0.2, 0.25) is 0 Å². The Bertz CT molecular complexity index is 614. The summed E-state index contributed by atoms with van der Waals surface area (Å²) in [5.74, 6) is 1.90. The van der Waals surface area contributed by atoms with E-state index in [0.717, 1.165) is 34.9 Å². The van der Waals surface area contributed by atoms with Crippen molar-refractivity contribution in [1.29, 1.82) is 0 Å². The minimum absolute atomic E-state index is 0.563. The second kappa shape index (κ2) is 5.29. The molecule has 1 aliphatic carbocycles. The first-order valence-corrected chi connectivity index (χ1v) is 7.19. The van der Waals surface area contributed by atoms with E-state index in [2.05, 4.69) is 29.7 Å². The maximum atomic E-state index is 6.35. The van der Waals surface area contributed by atoms with Gasteiger partial charge in [0.25, 0.3) is 0 Å². The van der Waals surface area contributed by atoms with E-state index in [1.807, 2.05) is 6.07 Å². The zero-order valence-electron chi connectivity index (χ0n) is 12.1. The van der Waals surface area contributed by atoms with E-state index in [0.29, 0.717) is 12.6 Å². The molecule has 2 N–H and O–H groups in total. The van der Waals surface area contributed by atoms with Crippen molar-refractivity contribution in [3.8, 4) is 11.3 Å². The molecule has 4 heteroatoms. The van der Waals surface area contributed by atoms with Gasteiger partial charge in [-0.2, -0.15) is 0 Å². The summed E-state index contributed by atoms with van der Waals surface area (Å²) in [5, 5.41) is 0. The Morgan fingerprint density at radius 1 is 1.40 bits per heavy atom. The van der Waals surface area contributed by atoms with Gasteiger partial charge in [0.15, 0.2) is 0 Å². The lowest BCUT2D eigenvalue weighted by molar-refractivity contribution is 0.185. The minimum atomic E-state index is 0.563. The summed E-state index contributed by atoms with van der Waals surface area (Å²) < 4.78 is 7.41. The molecule has 4 nitrogen and oxygen atoms in total. The maximum Gasteiger partial charge on any atom is 0.131 e. The van der Waals surface area contributed by atoms with Gasteiger partial charge < -0.3 is 15.0 Å². The molecule has 1 aromatic heterocycles. The molecule has 0 saturated heterocycles. The van der Waals surface area contributed by atoms with E-state index in [1.54, 1.807) is 7.11 Å². The maximum absolute atomic E-state index is 6.35. The van der Waals surface area contributed by atoms with Gasteiger partial charge >= 0.3 is 0 Å². The molecule has 1 aromatic carbocycles. The first-order valence-electron chi connectivity index (χ1n) is 7.19. The fourth-order valence-corrected chi connectivity index (χ4v) is 2.67. The number of hydrogen-bond acceptors (Lipinski definition) is 3. The van der Waals surface area contributed by atoms with E-state index < -0.39 is 0 Å². The second-order valence-corrected chi connectivity index (χ2v) is 5.35. The first kappa shape index (κ1) is 13.2. The Morgan fingerprint density at radius 2 is 2.20 bits per heavy atom. The minimum Gasteiger partial charge on any atom is -0.383 e. The van der Waals surface area contributed by atoms with E-state index in [1.165, 1.54) is 12.8 Å². The molecule has 20 heavy (non-hydrogen) atoms. The lowest BCUT2D eigenvalue weighted by Gasteiger charge is -2.07. The van der Waals surface area contributed by atoms with Crippen LogP contribution >= 0.6 is 0 Å². The van der Waals surface area contributed by atoms with Crippen LogP contribution in [-0.2, 0) is 17.8 Å². The highest BCUT2D eigenvalue weighted by Crippen LogP contribution is 2.41. The summed E-state index contributed by atoms with van der Waals surface area (Å²) in [5.41, 5.74) is 9.47. The molecule has 0 radical (unpaired) electrons. The van der Waals surface area contributed by atoms with Crippen molar-refractivity contribution in [3.05, 3.63) is 35.7 Å². The first-order chi connectivity index (χ1) is 9.74. The van der Waals surface area contributed by atoms with Crippen LogP contribution in [0.15, 0.2) is 24.3 Å². The number of nitrogens with two attached hydrogens (primary N) is 1. The molecule has 3 rings (SSSR count). The average molecular weight is 271 g/mol. The fourth-order valence-electron chi connectivity index (χ4n) is 2.67. The van der Waals surface area contributed by atoms with Crippen LogP contribution in [-0.4, -0.2) is 16.7 Å². The highest BCUT2D eigenvalue weighted by molar-refractivity contribution is 5.71. The molecule has 0 amide bonds. The van der Waals surface area contributed by atoms with Crippen molar-refractivity contribution in [3.63, 3.8) is 0 Å². The quantitative estimate of drug-likeness (QED) is 0.908. The van der Waals surface area contributed by atoms with Gasteiger partial charge in [0.1, 0.15) is 17.3 Å². The molecule has 0 aliphatic heterocycles. The van der Waals surface area contributed by atoms with Gasteiger partial charge in [-0.15, -0.1) is 0 Å². The Kier molecular flexibility index (Phi) is 3.49. The third kappa shape index (κ3) is 2.31. The molecule has 2 aromatic rings. The number of hydrogen-bond donors (Lipinski definition) is 1. The second-order valence-electron chi connectivity index (χ2n) is 5.35. The number of nitrogens with zero attached hydrogens (tertiary/aromatic N) is 2. The van der Waals surface area contributed by atoms with Crippen LogP contribution < -0.4 is 5.73 Å². The van der Waals surface area contributed by atoms with Gasteiger partial charge in [-0.25, -0.2) is 4.98 Å². The van der Waals surface area contributed by atoms with E-state index in [4.69, 9.17) is 15.5 Å². The normalized spacial score (nSPS) is 14.7. The number of methoxy groups -OCH3 is 1. The standard InChI is InChI=1S/C16H21N3O/c1-3-14-18-15(16(17)19(14)13-7-8-13)12-6-4-5-11(9-12)10-20-2/h4-6,9,13H,3,7-8,10,17H2,1-2H3. The summed E-state index contributed by atoms with van der Waals surface area (Å²) in [7, 11) is 1.71. The zero-order valence-corrected chi connectivity index (χ0v) is 12.1. The lowest BCUT2D eigenvalue weighted by Crippen LogP contribution is -2.04. The van der Waals surface area contributed by atoms with Crippen molar-refractivity contribution < 1.29 is 4.74 Å². The molecule has 0 unspecified atom stereocenters. The Balaban J connectivity index is 2.03. The van der Waals surface area contributed by atoms with Crippen molar-refractivity contribution in [2.45, 2.75) is 38.8 Å². The molecule has 1 heterocycles. The Hall–Kier alpha value is -1.81. The van der Waals surface area contributed by atoms with Crippen LogP contribution in [0.4, 0.5) is 5.82 Å². The molecular weight excluding hydrogens is 250 g/mol. The highest BCUT2D eigenvalue weighted by Gasteiger charge is 2.29. The van der Waals surface area contributed by atoms with E-state index in [-0.39, 0.29) is 0 Å². The summed E-state index contributed by atoms with van der Waals surface area (Å²) >= 11 is 0. The number of benzene rings is 1. The van der Waals surface area contributed by atoms with Crippen molar-refractivity contribution in [1.82, 2.24) is 9.55 Å². The third-order valence-electron chi connectivity index (χ3n) is 3.76. The lowest BCUT2D eigenvalue weighted by atomic mass is 10.1. The summed E-state index contributed by atoms with van der Waals surface area (Å²) in [4.78, 5) is 4.76. The van der Waals surface area contributed by atoms with Gasteiger partial charge in [-0.1, -0.05) is 25.1 Å². The number of anilines is 1. The number of nitrogen functional groups attached to an aromatic ring is 1. The van der Waals surface area contributed by atoms with E-state index >= 15 is 0 Å². The molecule has 0 atom stereocenters. The summed E-state index contributed by atoms with van der Waals surface area (Å²) in [6.07, 6.45) is 3.35. The molecule has 1 saturated carbocycles. The van der Waals surface area contributed by atoms with Gasteiger partial charge in [-0.3, -0.25) is 0 Å². The third-order valence-corrected chi connectivity index (χ3v) is 3.76. The average Bonchev–Trinajstić information content (AvgIpc) is 3.23. The van der Waals surface area contributed by atoms with Gasteiger partial charge in [-0.05, 0) is 24.5 Å². The monoisotopic (exact) mass is 271 g/mol. The largest absolute Gasteiger partial charge is 0.383 e. The zero-order chi connectivity index (χ0) is 14.1. The van der Waals surface area contributed by atoms with Crippen LogP contribution in [0.25, 0.3) is 11.3 Å². The van der Waals surface area contributed by atoms with Crippen LogP contribution in [0.3, 0.4) is 0 Å². The number of ether oxygens (including phenoxy) is 1. The molecule has 0 spiro atoms. The number of imidazole rings is 1. The Morgan fingerprint density at radius 3 is 2.85 bits per heavy atom. The van der Waals surface area contributed by atoms with Crippen molar-refractivity contribution in [2.75, 3.05) is 12.8 Å².